The molecule has 94 valence electrons. The van der Waals surface area contributed by atoms with Gasteiger partial charge in [-0.15, -0.1) is 0 Å². The van der Waals surface area contributed by atoms with Crippen molar-refractivity contribution < 1.29 is 9.47 Å². The lowest BCUT2D eigenvalue weighted by Gasteiger charge is -2.12. The van der Waals surface area contributed by atoms with E-state index < -0.39 is 0 Å². The van der Waals surface area contributed by atoms with Crippen LogP contribution >= 0.6 is 0 Å². The second kappa shape index (κ2) is 6.02. The molecule has 0 radical (unpaired) electrons. The van der Waals surface area contributed by atoms with Crippen molar-refractivity contribution in [3.8, 4) is 17.2 Å². The van der Waals surface area contributed by atoms with Gasteiger partial charge >= 0.3 is 0 Å². The highest BCUT2D eigenvalue weighted by Gasteiger charge is 2.07. The summed E-state index contributed by atoms with van der Waals surface area (Å²) in [6.07, 6.45) is 3.37. The molecule has 0 bridgehead atoms. The van der Waals surface area contributed by atoms with Gasteiger partial charge in [-0.05, 0) is 36.8 Å². The molecular formula is C14H16N2O2. The quantitative estimate of drug-likeness (QED) is 0.878. The lowest BCUT2D eigenvalue weighted by Crippen LogP contribution is -2.00. The average Bonchev–Trinajstić information content (AvgIpc) is 2.42. The van der Waals surface area contributed by atoms with Gasteiger partial charge in [0.2, 0.25) is 0 Å². The third-order valence-corrected chi connectivity index (χ3v) is 2.42. The zero-order chi connectivity index (χ0) is 12.8. The van der Waals surface area contributed by atoms with E-state index in [1.807, 2.05) is 25.1 Å². The minimum atomic E-state index is 0.482. The Hall–Kier alpha value is -2.07. The van der Waals surface area contributed by atoms with Crippen LogP contribution in [0.5, 0.6) is 17.2 Å². The van der Waals surface area contributed by atoms with Crippen LogP contribution in [0.2, 0.25) is 0 Å². The Morgan fingerprint density at radius 2 is 1.89 bits per heavy atom. The van der Waals surface area contributed by atoms with E-state index in [9.17, 15) is 0 Å². The molecule has 2 rings (SSSR count). The average molecular weight is 244 g/mol. The van der Waals surface area contributed by atoms with Gasteiger partial charge in [-0.3, -0.25) is 4.98 Å². The topological polar surface area (TPSA) is 57.4 Å². The molecule has 18 heavy (non-hydrogen) atoms. The van der Waals surface area contributed by atoms with Crippen molar-refractivity contribution >= 4 is 0 Å². The fourth-order valence-electron chi connectivity index (χ4n) is 1.57. The lowest BCUT2D eigenvalue weighted by molar-refractivity contribution is 0.321. The van der Waals surface area contributed by atoms with Gasteiger partial charge in [-0.1, -0.05) is 6.07 Å². The number of hydrogen-bond donors (Lipinski definition) is 1. The minimum Gasteiger partial charge on any atom is -0.490 e. The summed E-state index contributed by atoms with van der Waals surface area (Å²) in [4.78, 5) is 3.95. The summed E-state index contributed by atoms with van der Waals surface area (Å²) < 4.78 is 11.3. The van der Waals surface area contributed by atoms with Crippen LogP contribution < -0.4 is 15.2 Å². The summed E-state index contributed by atoms with van der Waals surface area (Å²) in [6, 6.07) is 9.30. The first-order valence-corrected chi connectivity index (χ1v) is 5.87. The first kappa shape index (κ1) is 12.4. The van der Waals surface area contributed by atoms with Crippen LogP contribution in [0.15, 0.2) is 42.7 Å². The molecule has 4 heteroatoms. The Kier molecular flexibility index (Phi) is 4.15. The van der Waals surface area contributed by atoms with Crippen molar-refractivity contribution in [1.82, 2.24) is 4.98 Å². The standard InChI is InChI=1S/C14H16N2O2/c1-2-17-14-9-11(10-15)3-4-13(14)18-12-5-7-16-8-6-12/h3-9H,2,10,15H2,1H3. The number of benzene rings is 1. The highest BCUT2D eigenvalue weighted by atomic mass is 16.5. The molecule has 2 aromatic rings. The molecule has 0 fully saturated rings. The predicted octanol–water partition coefficient (Wildman–Crippen LogP) is 2.73. The Morgan fingerprint density at radius 3 is 2.56 bits per heavy atom. The SMILES string of the molecule is CCOc1cc(CN)ccc1Oc1ccncc1. The number of nitrogens with zero attached hydrogens (tertiary/aromatic N) is 1. The van der Waals surface area contributed by atoms with Crippen LogP contribution in [-0.2, 0) is 6.54 Å². The predicted molar refractivity (Wildman–Crippen MR) is 69.8 cm³/mol. The van der Waals surface area contributed by atoms with Crippen LogP contribution in [0.25, 0.3) is 0 Å². The van der Waals surface area contributed by atoms with Crippen LogP contribution in [0.3, 0.4) is 0 Å². The number of nitrogens with two attached hydrogens (primary N) is 1. The molecule has 0 spiro atoms. The molecule has 0 amide bonds. The minimum absolute atomic E-state index is 0.482. The summed E-state index contributed by atoms with van der Waals surface area (Å²) in [5, 5.41) is 0. The van der Waals surface area contributed by atoms with Crippen molar-refractivity contribution in [2.24, 2.45) is 5.73 Å². The smallest absolute Gasteiger partial charge is 0.169 e. The summed E-state index contributed by atoms with van der Waals surface area (Å²) in [7, 11) is 0. The van der Waals surface area contributed by atoms with Crippen LogP contribution in [0.4, 0.5) is 0 Å². The maximum absolute atomic E-state index is 5.76. The first-order valence-electron chi connectivity index (χ1n) is 5.87. The number of rotatable bonds is 5. The number of hydrogen-bond acceptors (Lipinski definition) is 4. The molecule has 0 unspecified atom stereocenters. The summed E-state index contributed by atoms with van der Waals surface area (Å²) in [6.45, 7) is 3.00. The molecule has 0 saturated carbocycles. The molecule has 0 aliphatic carbocycles. The van der Waals surface area contributed by atoms with Gasteiger partial charge in [0.05, 0.1) is 6.61 Å². The molecule has 0 saturated heterocycles. The lowest BCUT2D eigenvalue weighted by atomic mass is 10.2. The van der Waals surface area contributed by atoms with E-state index in [-0.39, 0.29) is 0 Å². The van der Waals surface area contributed by atoms with E-state index in [0.29, 0.717) is 24.7 Å². The van der Waals surface area contributed by atoms with E-state index in [0.717, 1.165) is 11.3 Å². The van der Waals surface area contributed by atoms with Gasteiger partial charge in [0.25, 0.3) is 0 Å². The van der Waals surface area contributed by atoms with Gasteiger partial charge in [0.1, 0.15) is 5.75 Å². The maximum atomic E-state index is 5.76. The Morgan fingerprint density at radius 1 is 1.11 bits per heavy atom. The van der Waals surface area contributed by atoms with Crippen LogP contribution in [0.1, 0.15) is 12.5 Å². The monoisotopic (exact) mass is 244 g/mol. The third-order valence-electron chi connectivity index (χ3n) is 2.42. The van der Waals surface area contributed by atoms with E-state index in [2.05, 4.69) is 4.98 Å². The molecule has 1 heterocycles. The number of ether oxygens (including phenoxy) is 2. The van der Waals surface area contributed by atoms with E-state index in [1.165, 1.54) is 0 Å². The molecule has 2 N–H and O–H groups in total. The van der Waals surface area contributed by atoms with Gasteiger partial charge in [-0.25, -0.2) is 0 Å². The largest absolute Gasteiger partial charge is 0.490 e. The van der Waals surface area contributed by atoms with Crippen molar-refractivity contribution in [3.05, 3.63) is 48.3 Å². The van der Waals surface area contributed by atoms with Gasteiger partial charge in [0.15, 0.2) is 11.5 Å². The highest BCUT2D eigenvalue weighted by molar-refractivity contribution is 5.45. The molecule has 1 aromatic heterocycles. The zero-order valence-electron chi connectivity index (χ0n) is 10.3. The van der Waals surface area contributed by atoms with E-state index in [1.54, 1.807) is 24.5 Å². The first-order chi connectivity index (χ1) is 8.83. The number of pyridine rings is 1. The second-order valence-corrected chi connectivity index (χ2v) is 3.70. The van der Waals surface area contributed by atoms with Crippen LogP contribution in [-0.4, -0.2) is 11.6 Å². The molecule has 0 aliphatic heterocycles. The summed E-state index contributed by atoms with van der Waals surface area (Å²) in [5.74, 6) is 2.11. The normalized spacial score (nSPS) is 10.1. The second-order valence-electron chi connectivity index (χ2n) is 3.70. The van der Waals surface area contributed by atoms with Crippen LogP contribution in [0, 0.1) is 0 Å². The van der Waals surface area contributed by atoms with Gasteiger partial charge in [0, 0.05) is 18.9 Å². The number of aromatic nitrogens is 1. The van der Waals surface area contributed by atoms with Gasteiger partial charge in [-0.2, -0.15) is 0 Å². The van der Waals surface area contributed by atoms with Crippen molar-refractivity contribution in [3.63, 3.8) is 0 Å². The Labute approximate surface area is 106 Å². The fraction of sp³-hybridized carbons (Fsp3) is 0.214. The Bertz CT molecular complexity index is 500. The van der Waals surface area contributed by atoms with Crippen molar-refractivity contribution in [2.45, 2.75) is 13.5 Å². The third kappa shape index (κ3) is 2.99. The zero-order valence-corrected chi connectivity index (χ0v) is 10.3. The van der Waals surface area contributed by atoms with E-state index >= 15 is 0 Å². The molecular weight excluding hydrogens is 228 g/mol. The van der Waals surface area contributed by atoms with Crippen molar-refractivity contribution in [1.29, 1.82) is 0 Å². The highest BCUT2D eigenvalue weighted by Crippen LogP contribution is 2.32. The summed E-state index contributed by atoms with van der Waals surface area (Å²) >= 11 is 0. The molecule has 0 atom stereocenters. The maximum Gasteiger partial charge on any atom is 0.169 e. The van der Waals surface area contributed by atoms with Gasteiger partial charge < -0.3 is 15.2 Å². The molecule has 0 aliphatic rings. The van der Waals surface area contributed by atoms with E-state index in [4.69, 9.17) is 15.2 Å². The molecule has 4 nitrogen and oxygen atoms in total. The summed E-state index contributed by atoms with van der Waals surface area (Å²) in [5.41, 5.74) is 6.63. The van der Waals surface area contributed by atoms with Crippen molar-refractivity contribution in [2.75, 3.05) is 6.61 Å². The fourth-order valence-corrected chi connectivity index (χ4v) is 1.57. The molecule has 1 aromatic carbocycles. The Balaban J connectivity index is 2.26.